The van der Waals surface area contributed by atoms with E-state index in [0.29, 0.717) is 31.7 Å². The van der Waals surface area contributed by atoms with Crippen molar-refractivity contribution >= 4 is 22.7 Å². The molecule has 5 rings (SSSR count). The number of aromatic nitrogens is 2. The van der Waals surface area contributed by atoms with Crippen LogP contribution in [0, 0.1) is 11.3 Å². The second-order valence-corrected chi connectivity index (χ2v) is 8.34. The number of hydrogen-bond acceptors (Lipinski definition) is 5. The van der Waals surface area contributed by atoms with Crippen LogP contribution in [0.1, 0.15) is 41.3 Å². The molecule has 1 aliphatic carbocycles. The van der Waals surface area contributed by atoms with Crippen LogP contribution in [0.4, 0.5) is 5.82 Å². The van der Waals surface area contributed by atoms with Gasteiger partial charge < -0.3 is 15.0 Å². The number of pyridine rings is 1. The molecule has 3 heterocycles. The molecule has 1 fully saturated rings. The molecule has 7 nitrogen and oxygen atoms in total. The topological polar surface area (TPSA) is 96.2 Å². The highest BCUT2D eigenvalue weighted by molar-refractivity contribution is 5.89. The maximum Gasteiger partial charge on any atom is 0.325 e. The zero-order chi connectivity index (χ0) is 21.4. The van der Waals surface area contributed by atoms with Crippen molar-refractivity contribution in [2.75, 3.05) is 31.1 Å². The van der Waals surface area contributed by atoms with Crippen molar-refractivity contribution in [3.8, 4) is 6.07 Å². The number of para-hydroxylation sites is 1. The van der Waals surface area contributed by atoms with E-state index in [1.54, 1.807) is 0 Å². The highest BCUT2D eigenvalue weighted by Gasteiger charge is 2.33. The molecule has 3 aromatic rings. The van der Waals surface area contributed by atoms with Gasteiger partial charge in [0.05, 0.1) is 5.56 Å². The molecule has 0 saturated carbocycles. The first kappa shape index (κ1) is 19.6. The minimum Gasteiger partial charge on any atom is -0.480 e. The number of nitrogens with zero attached hydrogens (tertiary/aromatic N) is 4. The predicted molar refractivity (Wildman–Crippen MR) is 118 cm³/mol. The van der Waals surface area contributed by atoms with Gasteiger partial charge in [0.1, 0.15) is 17.9 Å². The lowest BCUT2D eigenvalue weighted by Gasteiger charge is -2.38. The predicted octanol–water partition coefficient (Wildman–Crippen LogP) is 3.26. The molecule has 0 amide bonds. The molecule has 1 unspecified atom stereocenters. The maximum absolute atomic E-state index is 12.2. The first-order valence-corrected chi connectivity index (χ1v) is 10.9. The summed E-state index contributed by atoms with van der Waals surface area (Å²) in [7, 11) is 0. The number of aryl methyl sites for hydroxylation is 2. The number of carboxylic acid groups (broad SMARTS) is 1. The molecule has 1 aliphatic heterocycles. The van der Waals surface area contributed by atoms with Gasteiger partial charge in [0.2, 0.25) is 0 Å². The number of nitriles is 1. The maximum atomic E-state index is 12.2. The number of anilines is 1. The standard InChI is InChI=1S/C24H25N5O2/c25-14-17-13-16-5-1-3-7-20(16)27-23(17)29-11-9-28(10-12-29)22(24(30)31)19-15-26-21-8-4-2-6-18(19)21/h2,4,6,8,13,15,22,26H,1,3,5,7,9-12H2,(H,30,31). The minimum atomic E-state index is -0.845. The fourth-order valence-corrected chi connectivity index (χ4v) is 4.94. The largest absolute Gasteiger partial charge is 0.480 e. The van der Waals surface area contributed by atoms with Crippen molar-refractivity contribution in [2.45, 2.75) is 31.7 Å². The van der Waals surface area contributed by atoms with Gasteiger partial charge in [-0.15, -0.1) is 0 Å². The third-order valence-electron chi connectivity index (χ3n) is 6.53. The number of nitrogens with one attached hydrogen (secondary N) is 1. The third-order valence-corrected chi connectivity index (χ3v) is 6.53. The first-order chi connectivity index (χ1) is 15.2. The third kappa shape index (κ3) is 3.53. The van der Waals surface area contributed by atoms with E-state index in [1.807, 2.05) is 41.4 Å². The molecule has 7 heteroatoms. The molecule has 0 radical (unpaired) electrons. The van der Waals surface area contributed by atoms with E-state index < -0.39 is 12.0 Å². The summed E-state index contributed by atoms with van der Waals surface area (Å²) in [5.41, 5.74) is 4.68. The highest BCUT2D eigenvalue weighted by atomic mass is 16.4. The number of H-pyrrole nitrogens is 1. The van der Waals surface area contributed by atoms with Crippen LogP contribution >= 0.6 is 0 Å². The SMILES string of the molecule is N#Cc1cc2c(nc1N1CCN(C(C(=O)O)c3c[nH]c4ccccc34)CC1)CCCC2. The average Bonchev–Trinajstić information content (AvgIpc) is 3.22. The van der Waals surface area contributed by atoms with Gasteiger partial charge in [-0.2, -0.15) is 5.26 Å². The molecule has 0 spiro atoms. The molecule has 2 N–H and O–H groups in total. The summed E-state index contributed by atoms with van der Waals surface area (Å²) in [4.78, 5) is 24.4. The van der Waals surface area contributed by atoms with Crippen molar-refractivity contribution in [2.24, 2.45) is 0 Å². The number of rotatable bonds is 4. The van der Waals surface area contributed by atoms with Crippen molar-refractivity contribution in [3.63, 3.8) is 0 Å². The zero-order valence-electron chi connectivity index (χ0n) is 17.3. The van der Waals surface area contributed by atoms with E-state index in [1.165, 1.54) is 5.56 Å². The van der Waals surface area contributed by atoms with Gasteiger partial charge in [-0.3, -0.25) is 9.69 Å². The number of piperazine rings is 1. The van der Waals surface area contributed by atoms with Crippen molar-refractivity contribution < 1.29 is 9.90 Å². The minimum absolute atomic E-state index is 0.597. The number of fused-ring (bicyclic) bond motifs is 2. The molecule has 2 aliphatic rings. The Morgan fingerprint density at radius 3 is 2.71 bits per heavy atom. The van der Waals surface area contributed by atoms with Crippen LogP contribution in [-0.2, 0) is 17.6 Å². The Balaban J connectivity index is 1.38. The van der Waals surface area contributed by atoms with E-state index in [2.05, 4.69) is 16.0 Å². The lowest BCUT2D eigenvalue weighted by molar-refractivity contribution is -0.143. The van der Waals surface area contributed by atoms with Crippen LogP contribution in [0.5, 0.6) is 0 Å². The van der Waals surface area contributed by atoms with E-state index in [-0.39, 0.29) is 0 Å². The molecule has 2 aromatic heterocycles. The van der Waals surface area contributed by atoms with Crippen LogP contribution in [0.3, 0.4) is 0 Å². The Morgan fingerprint density at radius 2 is 1.94 bits per heavy atom. The molecule has 158 valence electrons. The number of benzene rings is 1. The Kier molecular flexibility index (Phi) is 5.08. The van der Waals surface area contributed by atoms with Crippen LogP contribution < -0.4 is 4.90 Å². The molecule has 31 heavy (non-hydrogen) atoms. The summed E-state index contributed by atoms with van der Waals surface area (Å²) in [6.07, 6.45) is 6.08. The van der Waals surface area contributed by atoms with E-state index in [4.69, 9.17) is 4.98 Å². The van der Waals surface area contributed by atoms with Gasteiger partial charge in [0, 0.05) is 54.5 Å². The van der Waals surface area contributed by atoms with Crippen molar-refractivity contribution in [1.82, 2.24) is 14.9 Å². The van der Waals surface area contributed by atoms with Gasteiger partial charge >= 0.3 is 5.97 Å². The Labute approximate surface area is 180 Å². The van der Waals surface area contributed by atoms with E-state index in [0.717, 1.165) is 53.7 Å². The van der Waals surface area contributed by atoms with Gasteiger partial charge in [-0.1, -0.05) is 18.2 Å². The molecule has 1 aromatic carbocycles. The monoisotopic (exact) mass is 415 g/mol. The smallest absolute Gasteiger partial charge is 0.325 e. The normalized spacial score (nSPS) is 17.8. The lowest BCUT2D eigenvalue weighted by atomic mass is 9.94. The molecular formula is C24H25N5O2. The molecule has 1 saturated heterocycles. The summed E-state index contributed by atoms with van der Waals surface area (Å²) in [5.74, 6) is -0.0930. The highest BCUT2D eigenvalue weighted by Crippen LogP contribution is 2.31. The summed E-state index contributed by atoms with van der Waals surface area (Å²) in [6.45, 7) is 2.49. The summed E-state index contributed by atoms with van der Waals surface area (Å²) >= 11 is 0. The fourth-order valence-electron chi connectivity index (χ4n) is 4.94. The Hall–Kier alpha value is -3.37. The summed E-state index contributed by atoms with van der Waals surface area (Å²) in [6, 6.07) is 11.4. The quantitative estimate of drug-likeness (QED) is 0.679. The molecule has 1 atom stereocenters. The van der Waals surface area contributed by atoms with E-state index >= 15 is 0 Å². The van der Waals surface area contributed by atoms with Crippen molar-refractivity contribution in [1.29, 1.82) is 5.26 Å². The van der Waals surface area contributed by atoms with Crippen LogP contribution in [-0.4, -0.2) is 52.1 Å². The fraction of sp³-hybridized carbons (Fsp3) is 0.375. The Bertz CT molecular complexity index is 1170. The molecular weight excluding hydrogens is 390 g/mol. The Morgan fingerprint density at radius 1 is 1.16 bits per heavy atom. The molecule has 0 bridgehead atoms. The number of hydrogen-bond donors (Lipinski definition) is 2. The van der Waals surface area contributed by atoms with Gasteiger partial charge in [-0.25, -0.2) is 4.98 Å². The van der Waals surface area contributed by atoms with E-state index in [9.17, 15) is 15.2 Å². The second kappa shape index (κ2) is 8.05. The van der Waals surface area contributed by atoms with Gasteiger partial charge in [0.25, 0.3) is 0 Å². The van der Waals surface area contributed by atoms with Gasteiger partial charge in [-0.05, 0) is 43.4 Å². The van der Waals surface area contributed by atoms with Gasteiger partial charge in [0.15, 0.2) is 0 Å². The first-order valence-electron chi connectivity index (χ1n) is 10.9. The second-order valence-electron chi connectivity index (χ2n) is 8.34. The van der Waals surface area contributed by atoms with Crippen LogP contribution in [0.15, 0.2) is 36.5 Å². The number of carbonyl (C=O) groups is 1. The van der Waals surface area contributed by atoms with Crippen LogP contribution in [0.2, 0.25) is 0 Å². The summed E-state index contributed by atoms with van der Waals surface area (Å²) in [5, 5.41) is 20.7. The van der Waals surface area contributed by atoms with Crippen molar-refractivity contribution in [3.05, 3.63) is 58.9 Å². The zero-order valence-corrected chi connectivity index (χ0v) is 17.3. The number of aromatic amines is 1. The number of carboxylic acids is 1. The average molecular weight is 415 g/mol. The lowest BCUT2D eigenvalue weighted by Crippen LogP contribution is -2.49. The number of aliphatic carboxylic acids is 1. The summed E-state index contributed by atoms with van der Waals surface area (Å²) < 4.78 is 0. The van der Waals surface area contributed by atoms with Crippen LogP contribution in [0.25, 0.3) is 10.9 Å².